The third-order valence-corrected chi connectivity index (χ3v) is 3.89. The van der Waals surface area contributed by atoms with E-state index in [4.69, 9.17) is 28.9 Å². The summed E-state index contributed by atoms with van der Waals surface area (Å²) in [4.78, 5) is 14.1. The van der Waals surface area contributed by atoms with Crippen molar-refractivity contribution in [2.75, 3.05) is 25.0 Å². The first-order valence-corrected chi connectivity index (χ1v) is 7.05. The molecule has 1 aromatic rings. The zero-order chi connectivity index (χ0) is 13.8. The van der Waals surface area contributed by atoms with Crippen LogP contribution in [-0.4, -0.2) is 36.5 Å². The molecule has 2 rings (SSSR count). The first kappa shape index (κ1) is 17.5. The molecular weight excluding hydrogens is 321 g/mol. The number of anilines is 1. The summed E-state index contributed by atoms with van der Waals surface area (Å²) in [5, 5.41) is 3.81. The van der Waals surface area contributed by atoms with E-state index in [0.717, 1.165) is 19.4 Å². The third kappa shape index (κ3) is 4.50. The second-order valence-corrected chi connectivity index (χ2v) is 5.52. The van der Waals surface area contributed by atoms with Crippen LogP contribution < -0.4 is 11.1 Å². The maximum atomic E-state index is 12.0. The highest BCUT2D eigenvalue weighted by atomic mass is 35.5. The van der Waals surface area contributed by atoms with E-state index in [9.17, 15) is 4.79 Å². The molecule has 0 spiro atoms. The van der Waals surface area contributed by atoms with Gasteiger partial charge >= 0.3 is 0 Å². The summed E-state index contributed by atoms with van der Waals surface area (Å²) in [5.74, 6) is -0.0930. The van der Waals surface area contributed by atoms with Crippen molar-refractivity contribution >= 4 is 47.2 Å². The Labute approximate surface area is 135 Å². The Balaban J connectivity index is 0.00000200. The van der Waals surface area contributed by atoms with E-state index in [1.165, 1.54) is 0 Å². The van der Waals surface area contributed by atoms with Gasteiger partial charge in [0.15, 0.2) is 0 Å². The molecule has 4 nitrogen and oxygen atoms in total. The fraction of sp³-hybridized carbons (Fsp3) is 0.462. The SMILES string of the molecule is Cl.NCC1CCCN1CC(=O)Nc1cc(Cl)ccc1Cl. The van der Waals surface area contributed by atoms with Gasteiger partial charge in [-0.05, 0) is 37.6 Å². The number of benzene rings is 1. The van der Waals surface area contributed by atoms with Crippen molar-refractivity contribution in [3.05, 3.63) is 28.2 Å². The average Bonchev–Trinajstić information content (AvgIpc) is 2.81. The predicted octanol–water partition coefficient (Wildman–Crippen LogP) is 2.78. The highest BCUT2D eigenvalue weighted by Gasteiger charge is 2.24. The molecule has 20 heavy (non-hydrogen) atoms. The van der Waals surface area contributed by atoms with Crippen molar-refractivity contribution in [2.45, 2.75) is 18.9 Å². The van der Waals surface area contributed by atoms with Crippen LogP contribution >= 0.6 is 35.6 Å². The van der Waals surface area contributed by atoms with Gasteiger partial charge in [0.25, 0.3) is 0 Å². The molecule has 1 aromatic carbocycles. The van der Waals surface area contributed by atoms with Crippen LogP contribution in [0.4, 0.5) is 5.69 Å². The van der Waals surface area contributed by atoms with Crippen LogP contribution in [0, 0.1) is 0 Å². The van der Waals surface area contributed by atoms with Crippen molar-refractivity contribution in [1.29, 1.82) is 0 Å². The Morgan fingerprint density at radius 2 is 2.20 bits per heavy atom. The molecule has 0 aromatic heterocycles. The number of halogens is 3. The summed E-state index contributed by atoms with van der Waals surface area (Å²) in [6, 6.07) is 5.30. The van der Waals surface area contributed by atoms with Gasteiger partial charge in [0, 0.05) is 17.6 Å². The van der Waals surface area contributed by atoms with Gasteiger partial charge in [-0.3, -0.25) is 9.69 Å². The van der Waals surface area contributed by atoms with Gasteiger partial charge in [0.2, 0.25) is 5.91 Å². The Bertz CT molecular complexity index is 470. The largest absolute Gasteiger partial charge is 0.329 e. The first-order chi connectivity index (χ1) is 9.10. The molecule has 1 atom stereocenters. The summed E-state index contributed by atoms with van der Waals surface area (Å²) in [7, 11) is 0. The molecule has 0 radical (unpaired) electrons. The summed E-state index contributed by atoms with van der Waals surface area (Å²) in [6.45, 7) is 1.84. The van der Waals surface area contributed by atoms with Crippen molar-refractivity contribution in [1.82, 2.24) is 4.90 Å². The van der Waals surface area contributed by atoms with E-state index in [-0.39, 0.29) is 18.3 Å². The molecule has 1 fully saturated rings. The van der Waals surface area contributed by atoms with Gasteiger partial charge in [-0.2, -0.15) is 0 Å². The van der Waals surface area contributed by atoms with E-state index < -0.39 is 0 Å². The van der Waals surface area contributed by atoms with Crippen molar-refractivity contribution < 1.29 is 4.79 Å². The van der Waals surface area contributed by atoms with Crippen LogP contribution in [-0.2, 0) is 4.79 Å². The molecule has 1 saturated heterocycles. The van der Waals surface area contributed by atoms with Gasteiger partial charge < -0.3 is 11.1 Å². The van der Waals surface area contributed by atoms with Crippen LogP contribution in [0.15, 0.2) is 18.2 Å². The van der Waals surface area contributed by atoms with E-state index in [1.54, 1.807) is 18.2 Å². The highest BCUT2D eigenvalue weighted by Crippen LogP contribution is 2.25. The Hall–Kier alpha value is -0.520. The number of hydrogen-bond acceptors (Lipinski definition) is 3. The summed E-state index contributed by atoms with van der Waals surface area (Å²) < 4.78 is 0. The van der Waals surface area contributed by atoms with Crippen LogP contribution in [0.2, 0.25) is 10.0 Å². The number of nitrogens with zero attached hydrogens (tertiary/aromatic N) is 1. The van der Waals surface area contributed by atoms with Crippen LogP contribution in [0.1, 0.15) is 12.8 Å². The van der Waals surface area contributed by atoms with Gasteiger partial charge in [-0.15, -0.1) is 12.4 Å². The van der Waals surface area contributed by atoms with E-state index in [1.807, 2.05) is 0 Å². The second kappa shape index (κ2) is 8.05. The molecule has 1 aliphatic rings. The molecular formula is C13H18Cl3N3O. The van der Waals surface area contributed by atoms with Crippen molar-refractivity contribution in [3.8, 4) is 0 Å². The lowest BCUT2D eigenvalue weighted by atomic mass is 10.2. The molecule has 3 N–H and O–H groups in total. The number of carbonyl (C=O) groups excluding carboxylic acids is 1. The standard InChI is InChI=1S/C13H17Cl2N3O.ClH/c14-9-3-4-11(15)12(6-9)17-13(19)8-18-5-1-2-10(18)7-16;/h3-4,6,10H,1-2,5,7-8,16H2,(H,17,19);1H. The molecule has 0 aliphatic carbocycles. The lowest BCUT2D eigenvalue weighted by molar-refractivity contribution is -0.117. The Morgan fingerprint density at radius 1 is 1.45 bits per heavy atom. The van der Waals surface area contributed by atoms with Gasteiger partial charge in [0.05, 0.1) is 17.3 Å². The van der Waals surface area contributed by atoms with Crippen molar-refractivity contribution in [3.63, 3.8) is 0 Å². The molecule has 1 heterocycles. The van der Waals surface area contributed by atoms with Gasteiger partial charge in [-0.1, -0.05) is 23.2 Å². The van der Waals surface area contributed by atoms with Crippen molar-refractivity contribution in [2.24, 2.45) is 5.73 Å². The Kier molecular flexibility index (Phi) is 7.06. The highest BCUT2D eigenvalue weighted by molar-refractivity contribution is 6.35. The first-order valence-electron chi connectivity index (χ1n) is 6.29. The zero-order valence-corrected chi connectivity index (χ0v) is 13.3. The molecule has 0 bridgehead atoms. The minimum atomic E-state index is -0.0930. The second-order valence-electron chi connectivity index (χ2n) is 4.67. The maximum Gasteiger partial charge on any atom is 0.238 e. The van der Waals surface area contributed by atoms with E-state index in [2.05, 4.69) is 10.2 Å². The molecule has 112 valence electrons. The maximum absolute atomic E-state index is 12.0. The lowest BCUT2D eigenvalue weighted by Gasteiger charge is -2.22. The molecule has 7 heteroatoms. The zero-order valence-electron chi connectivity index (χ0n) is 10.9. The molecule has 1 aliphatic heterocycles. The van der Waals surface area contributed by atoms with Crippen LogP contribution in [0.25, 0.3) is 0 Å². The smallest absolute Gasteiger partial charge is 0.238 e. The van der Waals surface area contributed by atoms with Gasteiger partial charge in [0.1, 0.15) is 0 Å². The van der Waals surface area contributed by atoms with Gasteiger partial charge in [-0.25, -0.2) is 0 Å². The summed E-state index contributed by atoms with van der Waals surface area (Å²) in [5.41, 5.74) is 6.23. The minimum Gasteiger partial charge on any atom is -0.329 e. The van der Waals surface area contributed by atoms with Crippen LogP contribution in [0.5, 0.6) is 0 Å². The Morgan fingerprint density at radius 3 is 2.90 bits per heavy atom. The van der Waals surface area contributed by atoms with E-state index in [0.29, 0.717) is 34.9 Å². The molecule has 1 amide bonds. The van der Waals surface area contributed by atoms with E-state index >= 15 is 0 Å². The number of hydrogen-bond donors (Lipinski definition) is 2. The fourth-order valence-corrected chi connectivity index (χ4v) is 2.67. The summed E-state index contributed by atoms with van der Waals surface area (Å²) in [6.07, 6.45) is 2.15. The molecule has 0 saturated carbocycles. The number of rotatable bonds is 4. The lowest BCUT2D eigenvalue weighted by Crippen LogP contribution is -2.40. The number of carbonyl (C=O) groups is 1. The number of nitrogens with two attached hydrogens (primary N) is 1. The number of likely N-dealkylation sites (tertiary alicyclic amines) is 1. The molecule has 1 unspecified atom stereocenters. The third-order valence-electron chi connectivity index (χ3n) is 3.32. The average molecular weight is 339 g/mol. The fourth-order valence-electron chi connectivity index (χ4n) is 2.34. The number of nitrogens with one attached hydrogen (secondary N) is 1. The minimum absolute atomic E-state index is 0. The number of amides is 1. The monoisotopic (exact) mass is 337 g/mol. The predicted molar refractivity (Wildman–Crippen MR) is 86.0 cm³/mol. The summed E-state index contributed by atoms with van der Waals surface area (Å²) >= 11 is 11.9. The van der Waals surface area contributed by atoms with Crippen LogP contribution in [0.3, 0.4) is 0 Å². The quantitative estimate of drug-likeness (QED) is 0.887. The topological polar surface area (TPSA) is 58.4 Å². The normalized spacial score (nSPS) is 18.6.